The van der Waals surface area contributed by atoms with Crippen molar-refractivity contribution in [2.24, 2.45) is 0 Å². The molecule has 0 unspecified atom stereocenters. The molecule has 1 aliphatic rings. The normalized spacial score (nSPS) is 14.4. The molecule has 1 fully saturated rings. The maximum Gasteiger partial charge on any atom is 0.410 e. The molecule has 37 heavy (non-hydrogen) atoms. The first kappa shape index (κ1) is 26.2. The molecule has 196 valence electrons. The summed E-state index contributed by atoms with van der Waals surface area (Å²) in [5.74, 6) is 1.38. The summed E-state index contributed by atoms with van der Waals surface area (Å²) in [7, 11) is 0. The molecule has 3 aromatic carbocycles. The Morgan fingerprint density at radius 2 is 1.59 bits per heavy atom. The van der Waals surface area contributed by atoms with Crippen LogP contribution >= 0.6 is 0 Å². The number of hydrogen-bond donors (Lipinski definition) is 0. The monoisotopic (exact) mass is 507 g/mol. The van der Waals surface area contributed by atoms with Crippen molar-refractivity contribution in [2.75, 3.05) is 39.3 Å². The van der Waals surface area contributed by atoms with Crippen molar-refractivity contribution >= 4 is 22.6 Å². The number of amides is 1. The van der Waals surface area contributed by atoms with Gasteiger partial charge in [0, 0.05) is 44.2 Å². The smallest absolute Gasteiger partial charge is 0.410 e. The maximum absolute atomic E-state index is 12.2. The van der Waals surface area contributed by atoms with E-state index in [0.717, 1.165) is 30.9 Å². The van der Waals surface area contributed by atoms with Gasteiger partial charge in [-0.1, -0.05) is 30.3 Å². The number of nitrogens with zero attached hydrogens (tertiary/aromatic N) is 3. The molecule has 0 saturated carbocycles. The summed E-state index contributed by atoms with van der Waals surface area (Å²) in [6.07, 6.45) is -0.255. The molecular weight excluding hydrogens is 474 g/mol. The fourth-order valence-corrected chi connectivity index (χ4v) is 4.16. The number of benzene rings is 3. The molecule has 1 heterocycles. The van der Waals surface area contributed by atoms with Crippen LogP contribution in [0.15, 0.2) is 60.7 Å². The Kier molecular flexibility index (Phi) is 8.13. The third-order valence-electron chi connectivity index (χ3n) is 6.08. The van der Waals surface area contributed by atoms with E-state index in [9.17, 15) is 14.9 Å². The first-order valence-corrected chi connectivity index (χ1v) is 12.4. The average molecular weight is 508 g/mol. The van der Waals surface area contributed by atoms with Crippen LogP contribution in [-0.2, 0) is 11.3 Å². The van der Waals surface area contributed by atoms with Gasteiger partial charge in [-0.25, -0.2) is 4.79 Å². The molecule has 0 aliphatic carbocycles. The second-order valence-electron chi connectivity index (χ2n) is 9.98. The fourth-order valence-electron chi connectivity index (χ4n) is 4.16. The lowest BCUT2D eigenvalue weighted by atomic mass is 10.1. The van der Waals surface area contributed by atoms with Gasteiger partial charge in [-0.3, -0.25) is 15.0 Å². The molecule has 9 heteroatoms. The molecule has 0 N–H and O–H groups in total. The summed E-state index contributed by atoms with van der Waals surface area (Å²) in [6.45, 7) is 10.2. The highest BCUT2D eigenvalue weighted by Crippen LogP contribution is 2.33. The van der Waals surface area contributed by atoms with E-state index in [-0.39, 0.29) is 16.7 Å². The van der Waals surface area contributed by atoms with Crippen LogP contribution in [0.25, 0.3) is 10.8 Å². The molecule has 3 aromatic rings. The average Bonchev–Trinajstić information content (AvgIpc) is 2.87. The van der Waals surface area contributed by atoms with E-state index in [1.54, 1.807) is 23.1 Å². The van der Waals surface area contributed by atoms with Crippen molar-refractivity contribution < 1.29 is 23.9 Å². The second-order valence-corrected chi connectivity index (χ2v) is 9.98. The number of fused-ring (bicyclic) bond motifs is 1. The van der Waals surface area contributed by atoms with Crippen molar-refractivity contribution in [3.8, 4) is 11.5 Å². The van der Waals surface area contributed by atoms with Crippen LogP contribution < -0.4 is 9.47 Å². The van der Waals surface area contributed by atoms with Crippen molar-refractivity contribution in [1.82, 2.24) is 9.80 Å². The number of piperazine rings is 1. The number of rotatable bonds is 8. The number of ether oxygens (including phenoxy) is 3. The lowest BCUT2D eigenvalue weighted by Gasteiger charge is -2.35. The first-order valence-electron chi connectivity index (χ1n) is 12.4. The summed E-state index contributed by atoms with van der Waals surface area (Å²) in [5.41, 5.74) is 0.547. The largest absolute Gasteiger partial charge is 0.492 e. The van der Waals surface area contributed by atoms with Gasteiger partial charge in [-0.15, -0.1) is 0 Å². The van der Waals surface area contributed by atoms with E-state index in [4.69, 9.17) is 14.2 Å². The number of non-ortho nitro benzene ring substituents is 1. The molecule has 9 nitrogen and oxygen atoms in total. The van der Waals surface area contributed by atoms with Crippen LogP contribution in [0.4, 0.5) is 10.5 Å². The zero-order valence-electron chi connectivity index (χ0n) is 21.5. The molecule has 1 aliphatic heterocycles. The molecule has 1 saturated heterocycles. The van der Waals surface area contributed by atoms with E-state index in [2.05, 4.69) is 4.90 Å². The Labute approximate surface area is 216 Å². The molecular formula is C28H33N3O6. The van der Waals surface area contributed by atoms with Gasteiger partial charge in [0.1, 0.15) is 30.3 Å². The van der Waals surface area contributed by atoms with Crippen LogP contribution in [0.1, 0.15) is 26.3 Å². The SMILES string of the molecule is CC(C)(C)OC(=O)N1CCN(CCOc2ccc(COc3ccc([N+](=O)[O-])c4ccccc34)cc2)CC1. The molecule has 0 radical (unpaired) electrons. The molecule has 0 atom stereocenters. The van der Waals surface area contributed by atoms with E-state index < -0.39 is 5.60 Å². The minimum absolute atomic E-state index is 0.0642. The number of nitro benzene ring substituents is 1. The van der Waals surface area contributed by atoms with Gasteiger partial charge in [0.05, 0.1) is 10.3 Å². The van der Waals surface area contributed by atoms with Crippen LogP contribution in [0.5, 0.6) is 11.5 Å². The standard InChI is InChI=1S/C28H33N3O6/c1-28(2,3)37-27(32)30-16-14-29(15-17-30)18-19-35-22-10-8-21(9-11-22)20-36-26-13-12-25(31(33)34)23-6-4-5-7-24(23)26/h4-13H,14-20H2,1-3H3. The molecule has 4 rings (SSSR count). The first-order chi connectivity index (χ1) is 17.7. The molecule has 1 amide bonds. The van der Waals surface area contributed by atoms with Gasteiger partial charge in [0.2, 0.25) is 0 Å². The molecule has 0 spiro atoms. The summed E-state index contributed by atoms with van der Waals surface area (Å²) < 4.78 is 17.3. The van der Waals surface area contributed by atoms with Crippen LogP contribution in [0.3, 0.4) is 0 Å². The summed E-state index contributed by atoms with van der Waals surface area (Å²) >= 11 is 0. The zero-order chi connectivity index (χ0) is 26.4. The Morgan fingerprint density at radius 1 is 0.919 bits per heavy atom. The van der Waals surface area contributed by atoms with Gasteiger partial charge >= 0.3 is 6.09 Å². The third-order valence-corrected chi connectivity index (χ3v) is 6.08. The topological polar surface area (TPSA) is 94.4 Å². The minimum atomic E-state index is -0.483. The predicted molar refractivity (Wildman–Crippen MR) is 141 cm³/mol. The van der Waals surface area contributed by atoms with Gasteiger partial charge in [0.25, 0.3) is 5.69 Å². The van der Waals surface area contributed by atoms with E-state index in [1.807, 2.05) is 57.2 Å². The van der Waals surface area contributed by atoms with Crippen LogP contribution in [0, 0.1) is 10.1 Å². The Morgan fingerprint density at radius 3 is 2.24 bits per heavy atom. The van der Waals surface area contributed by atoms with E-state index >= 15 is 0 Å². The van der Waals surface area contributed by atoms with Crippen LogP contribution in [0.2, 0.25) is 0 Å². The summed E-state index contributed by atoms with van der Waals surface area (Å²) in [4.78, 5) is 27.2. The minimum Gasteiger partial charge on any atom is -0.492 e. The third kappa shape index (κ3) is 7.10. The quantitative estimate of drug-likeness (QED) is 0.303. The Bertz CT molecular complexity index is 1230. The van der Waals surface area contributed by atoms with E-state index in [0.29, 0.717) is 42.8 Å². The number of carbonyl (C=O) groups excluding carboxylic acids is 1. The van der Waals surface area contributed by atoms with E-state index in [1.165, 1.54) is 6.07 Å². The fraction of sp³-hybridized carbons (Fsp3) is 0.393. The highest BCUT2D eigenvalue weighted by molar-refractivity contribution is 5.95. The van der Waals surface area contributed by atoms with Gasteiger partial charge in [-0.2, -0.15) is 0 Å². The highest BCUT2D eigenvalue weighted by Gasteiger charge is 2.25. The number of carbonyl (C=O) groups is 1. The van der Waals surface area contributed by atoms with Crippen molar-refractivity contribution in [1.29, 1.82) is 0 Å². The van der Waals surface area contributed by atoms with Crippen molar-refractivity contribution in [3.63, 3.8) is 0 Å². The highest BCUT2D eigenvalue weighted by atomic mass is 16.6. The summed E-state index contributed by atoms with van der Waals surface area (Å²) in [6, 6.07) is 18.0. The molecule has 0 bridgehead atoms. The molecule has 0 aromatic heterocycles. The number of nitro groups is 1. The number of hydrogen-bond acceptors (Lipinski definition) is 7. The Balaban J connectivity index is 1.22. The maximum atomic E-state index is 12.2. The van der Waals surface area contributed by atoms with Crippen molar-refractivity contribution in [3.05, 3.63) is 76.3 Å². The summed E-state index contributed by atoms with van der Waals surface area (Å²) in [5, 5.41) is 12.6. The van der Waals surface area contributed by atoms with Gasteiger partial charge in [0.15, 0.2) is 0 Å². The van der Waals surface area contributed by atoms with Gasteiger partial charge < -0.3 is 19.1 Å². The zero-order valence-corrected chi connectivity index (χ0v) is 21.5. The lowest BCUT2D eigenvalue weighted by Crippen LogP contribution is -2.50. The Hall–Kier alpha value is -3.85. The second kappa shape index (κ2) is 11.5. The lowest BCUT2D eigenvalue weighted by molar-refractivity contribution is -0.383. The van der Waals surface area contributed by atoms with Gasteiger partial charge in [-0.05, 0) is 50.6 Å². The predicted octanol–water partition coefficient (Wildman–Crippen LogP) is 5.26. The van der Waals surface area contributed by atoms with Crippen molar-refractivity contribution in [2.45, 2.75) is 33.0 Å². The van der Waals surface area contributed by atoms with Crippen LogP contribution in [-0.4, -0.2) is 65.7 Å².